The summed E-state index contributed by atoms with van der Waals surface area (Å²) in [6.45, 7) is 0.935. The van der Waals surface area contributed by atoms with Crippen molar-refractivity contribution < 1.29 is 19.4 Å². The van der Waals surface area contributed by atoms with E-state index < -0.39 is 0 Å². The molecule has 0 spiro atoms. The Bertz CT molecular complexity index is 631. The summed E-state index contributed by atoms with van der Waals surface area (Å²) in [5.74, 6) is -0.300. The summed E-state index contributed by atoms with van der Waals surface area (Å²) >= 11 is 0. The molecule has 0 unspecified atom stereocenters. The number of fused-ring (bicyclic) bond motifs is 2. The predicted molar refractivity (Wildman–Crippen MR) is 80.1 cm³/mol. The van der Waals surface area contributed by atoms with Crippen LogP contribution in [0, 0.1) is 0 Å². The summed E-state index contributed by atoms with van der Waals surface area (Å²) in [5, 5.41) is 10.0. The van der Waals surface area contributed by atoms with Crippen molar-refractivity contribution in [3.8, 4) is 11.5 Å². The molecule has 7 heteroatoms. The Morgan fingerprint density at radius 2 is 2.27 bits per heavy atom. The molecule has 2 heterocycles. The summed E-state index contributed by atoms with van der Waals surface area (Å²) in [7, 11) is 1.42. The van der Waals surface area contributed by atoms with Gasteiger partial charge in [0, 0.05) is 19.2 Å². The Kier molecular flexibility index (Phi) is 3.66. The third-order valence-electron chi connectivity index (χ3n) is 4.33. The Labute approximate surface area is 128 Å². The molecular formula is C15H19N3O4. The molecule has 2 aliphatic heterocycles. The standard InChI is InChI=1S/C15H19N3O4/c1-22-13-5-10-11(6-12(13)19)18(14(20)7-16)8-9-3-2-4-17(9)15(10)21/h5-6,9,19H,2-4,7-8,16H2,1H3/t9-/m0/s1. The number of phenolic OH excluding ortho intramolecular Hbond substituents is 1. The maximum absolute atomic E-state index is 12.8. The molecule has 118 valence electrons. The summed E-state index contributed by atoms with van der Waals surface area (Å²) in [6.07, 6.45) is 1.78. The van der Waals surface area contributed by atoms with E-state index in [0.717, 1.165) is 12.8 Å². The molecule has 0 bridgehead atoms. The van der Waals surface area contributed by atoms with Crippen LogP contribution in [-0.2, 0) is 4.79 Å². The van der Waals surface area contributed by atoms with Gasteiger partial charge in [-0.25, -0.2) is 0 Å². The minimum Gasteiger partial charge on any atom is -0.504 e. The number of amides is 2. The average molecular weight is 305 g/mol. The van der Waals surface area contributed by atoms with Gasteiger partial charge in [-0.05, 0) is 18.9 Å². The Hall–Kier alpha value is -2.28. The van der Waals surface area contributed by atoms with E-state index in [4.69, 9.17) is 10.5 Å². The predicted octanol–water partition coefficient (Wildman–Crippen LogP) is 0.311. The van der Waals surface area contributed by atoms with Crippen molar-refractivity contribution in [2.45, 2.75) is 18.9 Å². The Morgan fingerprint density at radius 3 is 2.95 bits per heavy atom. The SMILES string of the molecule is COc1cc2c(cc1O)N(C(=O)CN)C[C@@H]1CCCN1C2=O. The number of rotatable bonds is 2. The van der Waals surface area contributed by atoms with Gasteiger partial charge in [0.25, 0.3) is 5.91 Å². The van der Waals surface area contributed by atoms with Gasteiger partial charge in [0.05, 0.1) is 30.9 Å². The van der Waals surface area contributed by atoms with Crippen LogP contribution in [0.15, 0.2) is 12.1 Å². The summed E-state index contributed by atoms with van der Waals surface area (Å²) in [4.78, 5) is 28.3. The number of benzene rings is 1. The van der Waals surface area contributed by atoms with Crippen LogP contribution in [0.25, 0.3) is 0 Å². The molecule has 0 saturated carbocycles. The highest BCUT2D eigenvalue weighted by Gasteiger charge is 2.38. The molecule has 7 nitrogen and oxygen atoms in total. The third-order valence-corrected chi connectivity index (χ3v) is 4.33. The van der Waals surface area contributed by atoms with Crippen LogP contribution in [0.4, 0.5) is 5.69 Å². The summed E-state index contributed by atoms with van der Waals surface area (Å²) < 4.78 is 5.08. The highest BCUT2D eigenvalue weighted by molar-refractivity contribution is 6.07. The molecule has 0 aromatic heterocycles. The Balaban J connectivity index is 2.16. The molecule has 0 radical (unpaired) electrons. The number of carbonyl (C=O) groups excluding carboxylic acids is 2. The second kappa shape index (κ2) is 5.49. The molecule has 1 aromatic carbocycles. The van der Waals surface area contributed by atoms with Crippen LogP contribution >= 0.6 is 0 Å². The number of phenols is 1. The normalized spacial score (nSPS) is 20.5. The lowest BCUT2D eigenvalue weighted by molar-refractivity contribution is -0.117. The van der Waals surface area contributed by atoms with Crippen molar-refractivity contribution in [1.82, 2.24) is 4.90 Å². The van der Waals surface area contributed by atoms with Crippen molar-refractivity contribution in [1.29, 1.82) is 0 Å². The lowest BCUT2D eigenvalue weighted by atomic mass is 10.1. The van der Waals surface area contributed by atoms with Crippen LogP contribution in [0.3, 0.4) is 0 Å². The van der Waals surface area contributed by atoms with Gasteiger partial charge in [0.2, 0.25) is 5.91 Å². The van der Waals surface area contributed by atoms with Crippen LogP contribution < -0.4 is 15.4 Å². The minimum atomic E-state index is -0.271. The molecule has 1 atom stereocenters. The van der Waals surface area contributed by atoms with Gasteiger partial charge in [-0.3, -0.25) is 9.59 Å². The van der Waals surface area contributed by atoms with E-state index in [1.807, 2.05) is 0 Å². The number of carbonyl (C=O) groups is 2. The van der Waals surface area contributed by atoms with Gasteiger partial charge in [0.1, 0.15) is 0 Å². The van der Waals surface area contributed by atoms with Crippen LogP contribution in [0.5, 0.6) is 11.5 Å². The second-order valence-corrected chi connectivity index (χ2v) is 5.54. The molecule has 1 fully saturated rings. The first-order valence-electron chi connectivity index (χ1n) is 7.29. The monoisotopic (exact) mass is 305 g/mol. The Morgan fingerprint density at radius 1 is 1.50 bits per heavy atom. The van der Waals surface area contributed by atoms with Crippen LogP contribution in [0.1, 0.15) is 23.2 Å². The first kappa shape index (κ1) is 14.6. The van der Waals surface area contributed by atoms with E-state index in [1.54, 1.807) is 4.90 Å². The van der Waals surface area contributed by atoms with Crippen molar-refractivity contribution in [3.63, 3.8) is 0 Å². The highest BCUT2D eigenvalue weighted by Crippen LogP contribution is 2.38. The number of methoxy groups -OCH3 is 1. The van der Waals surface area contributed by atoms with Crippen LogP contribution in [0.2, 0.25) is 0 Å². The third kappa shape index (κ3) is 2.18. The molecule has 2 aliphatic rings. The van der Waals surface area contributed by atoms with Gasteiger partial charge in [0.15, 0.2) is 11.5 Å². The van der Waals surface area contributed by atoms with E-state index >= 15 is 0 Å². The fourth-order valence-electron chi connectivity index (χ4n) is 3.22. The summed E-state index contributed by atoms with van der Waals surface area (Å²) in [5.41, 5.74) is 6.26. The fraction of sp³-hybridized carbons (Fsp3) is 0.467. The lowest BCUT2D eigenvalue weighted by Gasteiger charge is -2.26. The van der Waals surface area contributed by atoms with E-state index in [9.17, 15) is 14.7 Å². The molecule has 3 N–H and O–H groups in total. The topological polar surface area (TPSA) is 96.1 Å². The van der Waals surface area contributed by atoms with Crippen molar-refractivity contribution in [2.24, 2.45) is 5.73 Å². The van der Waals surface area contributed by atoms with Crippen molar-refractivity contribution >= 4 is 17.5 Å². The minimum absolute atomic E-state index is 0.0106. The van der Waals surface area contributed by atoms with Gasteiger partial charge < -0.3 is 25.4 Å². The molecule has 2 amide bonds. The highest BCUT2D eigenvalue weighted by atomic mass is 16.5. The molecule has 1 aromatic rings. The first-order valence-corrected chi connectivity index (χ1v) is 7.29. The maximum atomic E-state index is 12.8. The number of ether oxygens (including phenoxy) is 1. The molecule has 0 aliphatic carbocycles. The van der Waals surface area contributed by atoms with Gasteiger partial charge in [-0.1, -0.05) is 0 Å². The maximum Gasteiger partial charge on any atom is 0.256 e. The van der Waals surface area contributed by atoms with E-state index in [1.165, 1.54) is 24.1 Å². The van der Waals surface area contributed by atoms with Crippen molar-refractivity contribution in [3.05, 3.63) is 17.7 Å². The molecule has 22 heavy (non-hydrogen) atoms. The molecule has 3 rings (SSSR count). The quantitative estimate of drug-likeness (QED) is 0.820. The van der Waals surface area contributed by atoms with E-state index in [0.29, 0.717) is 24.3 Å². The zero-order chi connectivity index (χ0) is 15.9. The van der Waals surface area contributed by atoms with Crippen molar-refractivity contribution in [2.75, 3.05) is 31.6 Å². The van der Waals surface area contributed by atoms with Gasteiger partial charge in [-0.2, -0.15) is 0 Å². The number of nitrogens with two attached hydrogens (primary N) is 1. The number of aromatic hydroxyl groups is 1. The lowest BCUT2D eigenvalue weighted by Crippen LogP contribution is -2.43. The second-order valence-electron chi connectivity index (χ2n) is 5.54. The van der Waals surface area contributed by atoms with Gasteiger partial charge >= 0.3 is 0 Å². The summed E-state index contributed by atoms with van der Waals surface area (Å²) in [6, 6.07) is 2.88. The van der Waals surface area contributed by atoms with E-state index in [2.05, 4.69) is 0 Å². The number of nitrogens with zero attached hydrogens (tertiary/aromatic N) is 2. The first-order chi connectivity index (χ1) is 10.6. The largest absolute Gasteiger partial charge is 0.504 e. The van der Waals surface area contributed by atoms with Gasteiger partial charge in [-0.15, -0.1) is 0 Å². The van der Waals surface area contributed by atoms with E-state index in [-0.39, 0.29) is 35.9 Å². The zero-order valence-electron chi connectivity index (χ0n) is 12.4. The fourth-order valence-corrected chi connectivity index (χ4v) is 3.22. The zero-order valence-corrected chi connectivity index (χ0v) is 12.4. The molecular weight excluding hydrogens is 286 g/mol. The van der Waals surface area contributed by atoms with Crippen LogP contribution in [-0.4, -0.2) is 54.6 Å². The number of hydrogen-bond donors (Lipinski definition) is 2. The average Bonchev–Trinajstić information content (AvgIpc) is 2.95. The number of anilines is 1. The molecule has 1 saturated heterocycles. The number of hydrogen-bond acceptors (Lipinski definition) is 5. The smallest absolute Gasteiger partial charge is 0.256 e.